The summed E-state index contributed by atoms with van der Waals surface area (Å²) in [6.07, 6.45) is 5.27. The number of nitrogens with zero attached hydrogens (tertiary/aromatic N) is 2. The van der Waals surface area contributed by atoms with Crippen LogP contribution in [-0.2, 0) is 4.74 Å². The number of nitrogens with two attached hydrogens (primary N) is 1. The Labute approximate surface area is 117 Å². The standard InChI is InChI=1S/C15H29N3O/c1-19-10-13-2-8-18(9-3-13)15(11-16)12-17-6-4-14(15)5-7-17/h13-14H,2-12,16H2,1H3. The van der Waals surface area contributed by atoms with Gasteiger partial charge in [-0.2, -0.15) is 0 Å². The summed E-state index contributed by atoms with van der Waals surface area (Å²) in [5, 5.41) is 0. The first-order valence-electron chi connectivity index (χ1n) is 7.95. The molecule has 1 unspecified atom stereocenters. The van der Waals surface area contributed by atoms with Crippen molar-refractivity contribution in [3.8, 4) is 0 Å². The Bertz CT molecular complexity index is 296. The smallest absolute Gasteiger partial charge is 0.0491 e. The molecule has 0 aromatic heterocycles. The van der Waals surface area contributed by atoms with Crippen LogP contribution in [0.2, 0.25) is 0 Å². The van der Waals surface area contributed by atoms with Crippen molar-refractivity contribution in [1.82, 2.24) is 9.80 Å². The van der Waals surface area contributed by atoms with Crippen molar-refractivity contribution in [2.45, 2.75) is 31.2 Å². The third kappa shape index (κ3) is 2.44. The van der Waals surface area contributed by atoms with Gasteiger partial charge in [0.1, 0.15) is 0 Å². The highest BCUT2D eigenvalue weighted by atomic mass is 16.5. The highest BCUT2D eigenvalue weighted by Gasteiger charge is 2.49. The molecule has 0 aromatic rings. The van der Waals surface area contributed by atoms with E-state index in [-0.39, 0.29) is 5.54 Å². The Kier molecular flexibility index (Phi) is 4.13. The summed E-state index contributed by atoms with van der Waals surface area (Å²) in [5.41, 5.74) is 6.54. The van der Waals surface area contributed by atoms with E-state index in [9.17, 15) is 0 Å². The number of fused-ring (bicyclic) bond motifs is 3. The lowest BCUT2D eigenvalue weighted by atomic mass is 9.71. The van der Waals surface area contributed by atoms with E-state index in [4.69, 9.17) is 10.5 Å². The largest absolute Gasteiger partial charge is 0.384 e. The van der Waals surface area contributed by atoms with E-state index in [0.717, 1.165) is 25.0 Å². The van der Waals surface area contributed by atoms with E-state index in [1.807, 2.05) is 7.11 Å². The molecular weight excluding hydrogens is 238 g/mol. The van der Waals surface area contributed by atoms with Crippen LogP contribution in [0.1, 0.15) is 25.7 Å². The molecule has 4 heteroatoms. The molecule has 2 bridgehead atoms. The van der Waals surface area contributed by atoms with E-state index in [2.05, 4.69) is 9.80 Å². The maximum atomic E-state index is 6.26. The fourth-order valence-corrected chi connectivity index (χ4v) is 4.64. The summed E-state index contributed by atoms with van der Waals surface area (Å²) in [6.45, 7) is 8.01. The molecule has 110 valence electrons. The maximum Gasteiger partial charge on any atom is 0.0491 e. The molecule has 0 radical (unpaired) electrons. The van der Waals surface area contributed by atoms with Gasteiger partial charge in [0.2, 0.25) is 0 Å². The van der Waals surface area contributed by atoms with Crippen molar-refractivity contribution in [3.63, 3.8) is 0 Å². The highest BCUT2D eigenvalue weighted by Crippen LogP contribution is 2.40. The van der Waals surface area contributed by atoms with Crippen LogP contribution >= 0.6 is 0 Å². The minimum atomic E-state index is 0.286. The third-order valence-electron chi connectivity index (χ3n) is 5.85. The normalized spacial score (nSPS) is 40.7. The van der Waals surface area contributed by atoms with E-state index >= 15 is 0 Å². The van der Waals surface area contributed by atoms with Crippen LogP contribution in [-0.4, -0.2) is 68.3 Å². The molecule has 0 aliphatic carbocycles. The molecule has 0 spiro atoms. The summed E-state index contributed by atoms with van der Waals surface area (Å²) in [4.78, 5) is 5.36. The number of rotatable bonds is 4. The number of ether oxygens (including phenoxy) is 1. The maximum absolute atomic E-state index is 6.26. The number of likely N-dealkylation sites (tertiary alicyclic amines) is 1. The average molecular weight is 267 g/mol. The van der Waals surface area contributed by atoms with E-state index in [1.165, 1.54) is 58.4 Å². The van der Waals surface area contributed by atoms with Gasteiger partial charge in [-0.1, -0.05) is 0 Å². The molecule has 4 fully saturated rings. The van der Waals surface area contributed by atoms with Crippen molar-refractivity contribution in [2.75, 3.05) is 53.0 Å². The highest BCUT2D eigenvalue weighted by molar-refractivity contribution is 5.06. The van der Waals surface area contributed by atoms with E-state index in [0.29, 0.717) is 0 Å². The second-order valence-electron chi connectivity index (χ2n) is 6.74. The molecular formula is C15H29N3O. The second kappa shape index (κ2) is 5.68. The Balaban J connectivity index is 1.66. The quantitative estimate of drug-likeness (QED) is 0.817. The lowest BCUT2D eigenvalue weighted by Gasteiger charge is -2.59. The zero-order chi connectivity index (χ0) is 13.3. The summed E-state index contributed by atoms with van der Waals surface area (Å²) in [7, 11) is 1.82. The van der Waals surface area contributed by atoms with E-state index < -0.39 is 0 Å². The van der Waals surface area contributed by atoms with Crippen LogP contribution in [0.15, 0.2) is 0 Å². The number of hydrogen-bond donors (Lipinski definition) is 1. The van der Waals surface area contributed by atoms with Crippen molar-refractivity contribution < 1.29 is 4.74 Å². The predicted octanol–water partition coefficient (Wildman–Crippen LogP) is 0.768. The Morgan fingerprint density at radius 3 is 2.26 bits per heavy atom. The summed E-state index contributed by atoms with van der Waals surface area (Å²) in [5.74, 6) is 1.60. The molecule has 19 heavy (non-hydrogen) atoms. The minimum Gasteiger partial charge on any atom is -0.384 e. The molecule has 4 nitrogen and oxygen atoms in total. The van der Waals surface area contributed by atoms with Crippen molar-refractivity contribution in [3.05, 3.63) is 0 Å². The fourth-order valence-electron chi connectivity index (χ4n) is 4.64. The van der Waals surface area contributed by atoms with Gasteiger partial charge in [-0.05, 0) is 63.7 Å². The van der Waals surface area contributed by atoms with Crippen molar-refractivity contribution >= 4 is 0 Å². The molecule has 0 saturated carbocycles. The zero-order valence-electron chi connectivity index (χ0n) is 12.3. The molecule has 4 aliphatic rings. The van der Waals surface area contributed by atoms with Gasteiger partial charge < -0.3 is 15.4 Å². The van der Waals surface area contributed by atoms with Gasteiger partial charge in [0.05, 0.1) is 0 Å². The van der Waals surface area contributed by atoms with Crippen LogP contribution in [0.4, 0.5) is 0 Å². The second-order valence-corrected chi connectivity index (χ2v) is 6.74. The lowest BCUT2D eigenvalue weighted by Crippen LogP contribution is -2.70. The van der Waals surface area contributed by atoms with Gasteiger partial charge in [-0.15, -0.1) is 0 Å². The Morgan fingerprint density at radius 1 is 1.11 bits per heavy atom. The van der Waals surface area contributed by atoms with Crippen molar-refractivity contribution in [1.29, 1.82) is 0 Å². The van der Waals surface area contributed by atoms with Gasteiger partial charge in [-0.3, -0.25) is 4.90 Å². The summed E-state index contributed by atoms with van der Waals surface area (Å²) >= 11 is 0. The molecule has 4 rings (SSSR count). The Hall–Kier alpha value is -0.160. The SMILES string of the molecule is COCC1CCN(C2(CN)CN3CCC2CC3)CC1. The number of methoxy groups -OCH3 is 1. The van der Waals surface area contributed by atoms with Gasteiger partial charge in [0, 0.05) is 32.3 Å². The van der Waals surface area contributed by atoms with Gasteiger partial charge in [0.25, 0.3) is 0 Å². The topological polar surface area (TPSA) is 41.7 Å². The van der Waals surface area contributed by atoms with E-state index in [1.54, 1.807) is 0 Å². The van der Waals surface area contributed by atoms with Gasteiger partial charge in [-0.25, -0.2) is 0 Å². The average Bonchev–Trinajstić information content (AvgIpc) is 2.49. The minimum absolute atomic E-state index is 0.286. The summed E-state index contributed by atoms with van der Waals surface area (Å²) in [6, 6.07) is 0. The number of piperidine rings is 4. The van der Waals surface area contributed by atoms with Crippen LogP contribution in [0.25, 0.3) is 0 Å². The fraction of sp³-hybridized carbons (Fsp3) is 1.00. The molecule has 4 aliphatic heterocycles. The first-order chi connectivity index (χ1) is 9.28. The van der Waals surface area contributed by atoms with Crippen LogP contribution in [0.5, 0.6) is 0 Å². The van der Waals surface area contributed by atoms with Crippen LogP contribution < -0.4 is 5.73 Å². The molecule has 2 N–H and O–H groups in total. The first-order valence-corrected chi connectivity index (χ1v) is 7.95. The third-order valence-corrected chi connectivity index (χ3v) is 5.85. The lowest BCUT2D eigenvalue weighted by molar-refractivity contribution is -0.0813. The molecule has 0 amide bonds. The zero-order valence-corrected chi connectivity index (χ0v) is 12.3. The first kappa shape index (κ1) is 13.8. The Morgan fingerprint density at radius 2 is 1.79 bits per heavy atom. The van der Waals surface area contributed by atoms with Gasteiger partial charge >= 0.3 is 0 Å². The summed E-state index contributed by atoms with van der Waals surface area (Å²) < 4.78 is 5.31. The molecule has 0 aromatic carbocycles. The van der Waals surface area contributed by atoms with Crippen molar-refractivity contribution in [2.24, 2.45) is 17.6 Å². The number of hydrogen-bond acceptors (Lipinski definition) is 4. The van der Waals surface area contributed by atoms with Gasteiger partial charge in [0.15, 0.2) is 0 Å². The van der Waals surface area contributed by atoms with Crippen LogP contribution in [0.3, 0.4) is 0 Å². The monoisotopic (exact) mass is 267 g/mol. The van der Waals surface area contributed by atoms with Crippen LogP contribution in [0, 0.1) is 11.8 Å². The molecule has 4 heterocycles. The predicted molar refractivity (Wildman–Crippen MR) is 77.1 cm³/mol. The molecule has 4 saturated heterocycles. The molecule has 1 atom stereocenters.